The Labute approximate surface area is 181 Å². The summed E-state index contributed by atoms with van der Waals surface area (Å²) < 4.78 is 0. The number of ketones is 1. The molecule has 5 rings (SSSR count). The SMILES string of the molecule is C=C1C[C@@H]2[C@@H](CC[C@]3(C)C(=O)CC[C@@H]23)[C@@]2(C)C(=NO)CC(N3CCCC3)CC12.Cl. The molecular formula is C24H37ClN2O2. The van der Waals surface area contributed by atoms with Gasteiger partial charge in [-0.05, 0) is 81.7 Å². The lowest BCUT2D eigenvalue weighted by Crippen LogP contribution is -2.59. The van der Waals surface area contributed by atoms with Crippen molar-refractivity contribution in [2.75, 3.05) is 13.1 Å². The summed E-state index contributed by atoms with van der Waals surface area (Å²) in [5, 5.41) is 14.0. The van der Waals surface area contributed by atoms with E-state index in [0.717, 1.165) is 44.2 Å². The maximum atomic E-state index is 12.7. The van der Waals surface area contributed by atoms with Crippen molar-refractivity contribution in [1.29, 1.82) is 0 Å². The first-order chi connectivity index (χ1) is 13.4. The van der Waals surface area contributed by atoms with E-state index in [1.54, 1.807) is 0 Å². The van der Waals surface area contributed by atoms with Gasteiger partial charge in [0.1, 0.15) is 5.78 Å². The molecule has 1 aliphatic heterocycles. The van der Waals surface area contributed by atoms with Crippen LogP contribution in [-0.2, 0) is 4.79 Å². The lowest BCUT2D eigenvalue weighted by molar-refractivity contribution is -0.132. The Hall–Kier alpha value is -0.870. The predicted octanol–water partition coefficient (Wildman–Crippen LogP) is 5.09. The molecule has 1 saturated heterocycles. The van der Waals surface area contributed by atoms with Crippen LogP contribution >= 0.6 is 12.4 Å². The van der Waals surface area contributed by atoms with Crippen molar-refractivity contribution in [2.45, 2.75) is 77.7 Å². The zero-order chi connectivity index (χ0) is 19.7. The molecule has 1 heterocycles. The average Bonchev–Trinajstić information content (AvgIpc) is 3.30. The van der Waals surface area contributed by atoms with Gasteiger partial charge in [0.2, 0.25) is 0 Å². The highest BCUT2D eigenvalue weighted by Gasteiger charge is 2.63. The molecule has 1 N–H and O–H groups in total. The van der Waals surface area contributed by atoms with Gasteiger partial charge in [-0.3, -0.25) is 9.69 Å². The topological polar surface area (TPSA) is 52.9 Å². The number of carbonyl (C=O) groups excluding carboxylic acids is 1. The smallest absolute Gasteiger partial charge is 0.139 e. The molecule has 5 heteroatoms. The third-order valence-corrected chi connectivity index (χ3v) is 9.97. The van der Waals surface area contributed by atoms with E-state index in [2.05, 4.69) is 30.5 Å². The minimum Gasteiger partial charge on any atom is -0.411 e. The molecule has 7 atom stereocenters. The minimum atomic E-state index is -0.117. The summed E-state index contributed by atoms with van der Waals surface area (Å²) in [5.74, 6) is 2.45. The summed E-state index contributed by atoms with van der Waals surface area (Å²) in [5.41, 5.74) is 2.17. The number of nitrogens with zero attached hydrogens (tertiary/aromatic N) is 2. The van der Waals surface area contributed by atoms with Crippen LogP contribution < -0.4 is 0 Å². The molecule has 2 unspecified atom stereocenters. The van der Waals surface area contributed by atoms with Crippen molar-refractivity contribution >= 4 is 23.9 Å². The molecule has 5 fully saturated rings. The van der Waals surface area contributed by atoms with Gasteiger partial charge in [0.25, 0.3) is 0 Å². The van der Waals surface area contributed by atoms with Crippen LogP contribution in [-0.4, -0.2) is 40.7 Å². The van der Waals surface area contributed by atoms with E-state index < -0.39 is 0 Å². The highest BCUT2D eigenvalue weighted by molar-refractivity contribution is 5.92. The van der Waals surface area contributed by atoms with Gasteiger partial charge in [-0.25, -0.2) is 0 Å². The predicted molar refractivity (Wildman–Crippen MR) is 118 cm³/mol. The van der Waals surface area contributed by atoms with Gasteiger partial charge >= 0.3 is 0 Å². The molecule has 4 nitrogen and oxygen atoms in total. The first-order valence-corrected chi connectivity index (χ1v) is 11.6. The van der Waals surface area contributed by atoms with Gasteiger partial charge in [0, 0.05) is 29.7 Å². The largest absolute Gasteiger partial charge is 0.411 e. The van der Waals surface area contributed by atoms with Crippen LogP contribution in [0.5, 0.6) is 0 Å². The molecule has 0 amide bonds. The molecule has 4 aliphatic carbocycles. The van der Waals surface area contributed by atoms with E-state index in [4.69, 9.17) is 0 Å². The fourth-order valence-electron chi connectivity index (χ4n) is 8.37. The zero-order valence-corrected chi connectivity index (χ0v) is 18.8. The second-order valence-electron chi connectivity index (χ2n) is 10.9. The molecule has 0 spiro atoms. The monoisotopic (exact) mass is 420 g/mol. The van der Waals surface area contributed by atoms with Crippen LogP contribution in [0.3, 0.4) is 0 Å². The number of carbonyl (C=O) groups is 1. The van der Waals surface area contributed by atoms with E-state index in [-0.39, 0.29) is 23.2 Å². The summed E-state index contributed by atoms with van der Waals surface area (Å²) in [6, 6.07) is 0.502. The quantitative estimate of drug-likeness (QED) is 0.365. The average molecular weight is 421 g/mol. The molecule has 29 heavy (non-hydrogen) atoms. The van der Waals surface area contributed by atoms with Gasteiger partial charge < -0.3 is 5.21 Å². The molecule has 0 aromatic rings. The van der Waals surface area contributed by atoms with Crippen LogP contribution in [0, 0.1) is 34.5 Å². The summed E-state index contributed by atoms with van der Waals surface area (Å²) in [6.07, 6.45) is 9.65. The maximum Gasteiger partial charge on any atom is 0.139 e. The van der Waals surface area contributed by atoms with Crippen molar-refractivity contribution in [3.63, 3.8) is 0 Å². The maximum absolute atomic E-state index is 12.7. The second-order valence-corrected chi connectivity index (χ2v) is 10.9. The van der Waals surface area contributed by atoms with E-state index in [0.29, 0.717) is 35.5 Å². The van der Waals surface area contributed by atoms with E-state index >= 15 is 0 Å². The molecule has 0 aromatic carbocycles. The Morgan fingerprint density at radius 1 is 1.14 bits per heavy atom. The van der Waals surface area contributed by atoms with Crippen LogP contribution in [0.25, 0.3) is 0 Å². The fraction of sp³-hybridized carbons (Fsp3) is 0.833. The van der Waals surface area contributed by atoms with Crippen molar-refractivity contribution < 1.29 is 10.0 Å². The van der Waals surface area contributed by atoms with Gasteiger partial charge in [0.15, 0.2) is 0 Å². The highest BCUT2D eigenvalue weighted by atomic mass is 35.5. The van der Waals surface area contributed by atoms with Gasteiger partial charge in [-0.1, -0.05) is 31.2 Å². The highest BCUT2D eigenvalue weighted by Crippen LogP contribution is 2.66. The summed E-state index contributed by atoms with van der Waals surface area (Å²) >= 11 is 0. The van der Waals surface area contributed by atoms with Crippen molar-refractivity contribution in [3.8, 4) is 0 Å². The fourth-order valence-corrected chi connectivity index (χ4v) is 8.37. The third kappa shape index (κ3) is 2.88. The van der Waals surface area contributed by atoms with E-state index in [1.165, 1.54) is 37.9 Å². The molecule has 4 saturated carbocycles. The normalized spacial score (nSPS) is 48.8. The van der Waals surface area contributed by atoms with Crippen LogP contribution in [0.1, 0.15) is 71.6 Å². The number of likely N-dealkylation sites (tertiary alicyclic amines) is 1. The lowest BCUT2D eigenvalue weighted by Gasteiger charge is -2.61. The minimum absolute atomic E-state index is 0. The molecule has 0 radical (unpaired) electrons. The number of halogens is 1. The zero-order valence-electron chi connectivity index (χ0n) is 18.0. The summed E-state index contributed by atoms with van der Waals surface area (Å²) in [7, 11) is 0. The Bertz CT molecular complexity index is 730. The van der Waals surface area contributed by atoms with Crippen molar-refractivity contribution in [1.82, 2.24) is 4.90 Å². The van der Waals surface area contributed by atoms with Crippen LogP contribution in [0.2, 0.25) is 0 Å². The number of hydrogen-bond acceptors (Lipinski definition) is 4. The first kappa shape index (κ1) is 21.4. The van der Waals surface area contributed by atoms with E-state index in [9.17, 15) is 10.0 Å². The second kappa shape index (κ2) is 7.37. The number of allylic oxidation sites excluding steroid dienone is 1. The number of oxime groups is 1. The molecule has 5 aliphatic rings. The number of rotatable bonds is 1. The molecular weight excluding hydrogens is 384 g/mol. The molecule has 162 valence electrons. The Kier molecular flexibility index (Phi) is 5.43. The molecule has 0 aromatic heterocycles. The number of fused-ring (bicyclic) bond motifs is 5. The van der Waals surface area contributed by atoms with Gasteiger partial charge in [-0.2, -0.15) is 0 Å². The standard InChI is InChI=1S/C24H36N2O2.ClH/c1-15-12-17-18-6-7-22(27)23(18,2)9-8-19(17)24(3)20(15)13-16(14-21(24)25-28)26-10-4-5-11-26;/h16-20,28H,1,4-14H2,2-3H3;1H/t16?,17-,18-,19+,20?,23-,24+;/m0./s1. The van der Waals surface area contributed by atoms with Crippen molar-refractivity contribution in [2.24, 2.45) is 39.7 Å². The first-order valence-electron chi connectivity index (χ1n) is 11.6. The Morgan fingerprint density at radius 3 is 2.55 bits per heavy atom. The van der Waals surface area contributed by atoms with Crippen molar-refractivity contribution in [3.05, 3.63) is 12.2 Å². The van der Waals surface area contributed by atoms with E-state index in [1.807, 2.05) is 0 Å². The number of hydrogen-bond donors (Lipinski definition) is 1. The summed E-state index contributed by atoms with van der Waals surface area (Å²) in [6.45, 7) is 11.6. The van der Waals surface area contributed by atoms with Gasteiger partial charge in [-0.15, -0.1) is 12.4 Å². The third-order valence-electron chi connectivity index (χ3n) is 9.97. The number of Topliss-reactive ketones (excluding diaryl/α,β-unsaturated/α-hetero) is 1. The summed E-state index contributed by atoms with van der Waals surface area (Å²) in [4.78, 5) is 15.3. The van der Waals surface area contributed by atoms with Crippen LogP contribution in [0.15, 0.2) is 17.3 Å². The van der Waals surface area contributed by atoms with Crippen LogP contribution in [0.4, 0.5) is 0 Å². The molecule has 0 bridgehead atoms. The van der Waals surface area contributed by atoms with Gasteiger partial charge in [0.05, 0.1) is 5.71 Å². The Balaban J connectivity index is 0.00000205. The Morgan fingerprint density at radius 2 is 1.86 bits per heavy atom. The lowest BCUT2D eigenvalue weighted by atomic mass is 9.43.